The van der Waals surface area contributed by atoms with Crippen LogP contribution in [0, 0.1) is 6.92 Å². The molecule has 2 aromatic carbocycles. The van der Waals surface area contributed by atoms with Gasteiger partial charge in [0, 0.05) is 35.2 Å². The number of rotatable bonds is 9. The van der Waals surface area contributed by atoms with Gasteiger partial charge in [0.2, 0.25) is 0 Å². The number of carbonyl (C=O) groups excluding carboxylic acids is 1. The summed E-state index contributed by atoms with van der Waals surface area (Å²) in [6, 6.07) is 16.2. The molecule has 0 saturated carbocycles. The van der Waals surface area contributed by atoms with Gasteiger partial charge in [0.15, 0.2) is 0 Å². The van der Waals surface area contributed by atoms with Gasteiger partial charge in [0.05, 0.1) is 0 Å². The highest BCUT2D eigenvalue weighted by Gasteiger charge is 2.38. The number of halogens is 3. The molecule has 0 fully saturated rings. The van der Waals surface area contributed by atoms with Crippen LogP contribution in [0.25, 0.3) is 10.9 Å². The molecule has 7 nitrogen and oxygen atoms in total. The van der Waals surface area contributed by atoms with E-state index in [1.165, 1.54) is 22.2 Å². The number of hydrogen-bond acceptors (Lipinski definition) is 4. The maximum Gasteiger partial charge on any atom is 0.490 e. The molecule has 0 aliphatic heterocycles. The number of aliphatic carboxylic acids is 1. The Morgan fingerprint density at radius 2 is 1.76 bits per heavy atom. The van der Waals surface area contributed by atoms with Crippen molar-refractivity contribution in [2.24, 2.45) is 0 Å². The minimum Gasteiger partial charge on any atom is -0.475 e. The summed E-state index contributed by atoms with van der Waals surface area (Å²) >= 11 is 0. The van der Waals surface area contributed by atoms with Gasteiger partial charge in [0.1, 0.15) is 0 Å². The van der Waals surface area contributed by atoms with Crippen molar-refractivity contribution in [3.05, 3.63) is 70.9 Å². The molecule has 1 aromatic heterocycles. The second-order valence-corrected chi connectivity index (χ2v) is 7.59. The van der Waals surface area contributed by atoms with Crippen LogP contribution < -0.4 is 16.2 Å². The first-order chi connectivity index (χ1) is 16.1. The molecule has 0 unspecified atom stereocenters. The standard InChI is InChI=1S/C22H28N4O.C2HF3O2/c1-3-12-24-26-22(27)18-8-6-7-17(14-18)15-23-13-11-19-16(2)25-21-10-5-4-9-20(19)21;3-2(4,5)1(6)7/h4-10,14,23-25H,3,11-13,15H2,1-2H3,(H,26,27);(H,6,7). The number of alkyl halides is 3. The highest BCUT2D eigenvalue weighted by atomic mass is 19.4. The van der Waals surface area contributed by atoms with E-state index in [1.54, 1.807) is 0 Å². The number of H-pyrrole nitrogens is 1. The van der Waals surface area contributed by atoms with Crippen LogP contribution in [0.4, 0.5) is 13.2 Å². The van der Waals surface area contributed by atoms with Gasteiger partial charge in [0.25, 0.3) is 5.91 Å². The van der Waals surface area contributed by atoms with Gasteiger partial charge >= 0.3 is 12.1 Å². The van der Waals surface area contributed by atoms with Gasteiger partial charge < -0.3 is 15.4 Å². The molecule has 1 heterocycles. The summed E-state index contributed by atoms with van der Waals surface area (Å²) in [5, 5.41) is 11.9. The van der Waals surface area contributed by atoms with Crippen molar-refractivity contribution in [3.63, 3.8) is 0 Å². The van der Waals surface area contributed by atoms with Gasteiger partial charge in [-0.25, -0.2) is 10.2 Å². The average Bonchev–Trinajstić information content (AvgIpc) is 3.11. The number of hydrogen-bond donors (Lipinski definition) is 5. The first kappa shape index (κ1) is 26.9. The molecule has 0 radical (unpaired) electrons. The van der Waals surface area contributed by atoms with E-state index < -0.39 is 12.1 Å². The minimum absolute atomic E-state index is 0.0975. The number of aromatic nitrogens is 1. The van der Waals surface area contributed by atoms with Crippen molar-refractivity contribution < 1.29 is 27.9 Å². The Labute approximate surface area is 195 Å². The zero-order valence-electron chi connectivity index (χ0n) is 19.1. The monoisotopic (exact) mass is 478 g/mol. The van der Waals surface area contributed by atoms with E-state index in [2.05, 4.69) is 59.3 Å². The normalized spacial score (nSPS) is 11.1. The van der Waals surface area contributed by atoms with E-state index in [4.69, 9.17) is 9.90 Å². The first-order valence-corrected chi connectivity index (χ1v) is 10.8. The van der Waals surface area contributed by atoms with E-state index in [1.807, 2.05) is 24.3 Å². The lowest BCUT2D eigenvalue weighted by Gasteiger charge is -2.09. The molecule has 3 aromatic rings. The third-order valence-electron chi connectivity index (χ3n) is 4.92. The third-order valence-corrected chi connectivity index (χ3v) is 4.92. The van der Waals surface area contributed by atoms with Crippen molar-refractivity contribution in [1.29, 1.82) is 0 Å². The largest absolute Gasteiger partial charge is 0.490 e. The summed E-state index contributed by atoms with van der Waals surface area (Å²) in [5.41, 5.74) is 11.2. The number of carbonyl (C=O) groups is 2. The van der Waals surface area contributed by atoms with Crippen LogP contribution in [0.15, 0.2) is 48.5 Å². The lowest BCUT2D eigenvalue weighted by Crippen LogP contribution is -2.37. The Balaban J connectivity index is 0.000000509. The average molecular weight is 479 g/mol. The van der Waals surface area contributed by atoms with Gasteiger partial charge in [-0.2, -0.15) is 13.2 Å². The van der Waals surface area contributed by atoms with E-state index in [9.17, 15) is 18.0 Å². The molecule has 0 aliphatic carbocycles. The number of fused-ring (bicyclic) bond motifs is 1. The molecule has 0 bridgehead atoms. The fourth-order valence-corrected chi connectivity index (χ4v) is 3.27. The second-order valence-electron chi connectivity index (χ2n) is 7.59. The van der Waals surface area contributed by atoms with Gasteiger partial charge in [-0.15, -0.1) is 0 Å². The quantitative estimate of drug-likeness (QED) is 0.235. The zero-order valence-corrected chi connectivity index (χ0v) is 19.1. The first-order valence-electron chi connectivity index (χ1n) is 10.8. The molecule has 0 spiro atoms. The maximum absolute atomic E-state index is 12.1. The number of carboxylic acid groups (broad SMARTS) is 1. The summed E-state index contributed by atoms with van der Waals surface area (Å²) < 4.78 is 31.7. The van der Waals surface area contributed by atoms with Crippen LogP contribution in [0.2, 0.25) is 0 Å². The Bertz CT molecular complexity index is 1100. The fourth-order valence-electron chi connectivity index (χ4n) is 3.27. The predicted molar refractivity (Wildman–Crippen MR) is 124 cm³/mol. The number of aromatic amines is 1. The summed E-state index contributed by atoms with van der Waals surface area (Å²) in [6.07, 6.45) is -3.14. The van der Waals surface area contributed by atoms with Gasteiger partial charge in [-0.05, 0) is 55.6 Å². The lowest BCUT2D eigenvalue weighted by atomic mass is 10.1. The maximum atomic E-state index is 12.1. The highest BCUT2D eigenvalue weighted by molar-refractivity contribution is 5.94. The van der Waals surface area contributed by atoms with E-state index >= 15 is 0 Å². The number of amides is 1. The molecule has 0 atom stereocenters. The molecular weight excluding hydrogens is 449 g/mol. The highest BCUT2D eigenvalue weighted by Crippen LogP contribution is 2.22. The fraction of sp³-hybridized carbons (Fsp3) is 0.333. The predicted octanol–water partition coefficient (Wildman–Crippen LogP) is 4.09. The van der Waals surface area contributed by atoms with E-state index in [-0.39, 0.29) is 5.91 Å². The van der Waals surface area contributed by atoms with E-state index in [0.29, 0.717) is 5.56 Å². The number of benzene rings is 2. The molecule has 0 saturated heterocycles. The zero-order chi connectivity index (χ0) is 25.1. The topological polar surface area (TPSA) is 106 Å². The molecule has 184 valence electrons. The number of hydrazine groups is 1. The molecule has 0 aliphatic rings. The van der Waals surface area contributed by atoms with Gasteiger partial charge in [-0.3, -0.25) is 10.2 Å². The molecule has 10 heteroatoms. The van der Waals surface area contributed by atoms with Crippen LogP contribution in [0.1, 0.15) is 40.5 Å². The van der Waals surface area contributed by atoms with Crippen LogP contribution in [0.3, 0.4) is 0 Å². The number of carboxylic acids is 1. The van der Waals surface area contributed by atoms with Crippen molar-refractivity contribution in [3.8, 4) is 0 Å². The number of aryl methyl sites for hydroxylation is 1. The molecule has 34 heavy (non-hydrogen) atoms. The Kier molecular flexibility index (Phi) is 10.1. The summed E-state index contributed by atoms with van der Waals surface area (Å²) in [6.45, 7) is 6.58. The van der Waals surface area contributed by atoms with Crippen LogP contribution in [-0.2, 0) is 17.8 Å². The van der Waals surface area contributed by atoms with E-state index in [0.717, 1.165) is 38.0 Å². The van der Waals surface area contributed by atoms with Crippen molar-refractivity contribution >= 4 is 22.8 Å². The van der Waals surface area contributed by atoms with Crippen molar-refractivity contribution in [2.45, 2.75) is 39.4 Å². The Morgan fingerprint density at radius 1 is 1.06 bits per heavy atom. The summed E-state index contributed by atoms with van der Waals surface area (Å²) in [7, 11) is 0. The summed E-state index contributed by atoms with van der Waals surface area (Å²) in [4.78, 5) is 24.5. The van der Waals surface area contributed by atoms with Crippen LogP contribution in [-0.4, -0.2) is 41.2 Å². The van der Waals surface area contributed by atoms with Crippen LogP contribution >= 0.6 is 0 Å². The van der Waals surface area contributed by atoms with Crippen molar-refractivity contribution in [1.82, 2.24) is 21.2 Å². The smallest absolute Gasteiger partial charge is 0.475 e. The van der Waals surface area contributed by atoms with Crippen molar-refractivity contribution in [2.75, 3.05) is 13.1 Å². The third kappa shape index (κ3) is 8.20. The summed E-state index contributed by atoms with van der Waals surface area (Å²) in [5.74, 6) is -2.85. The second kappa shape index (κ2) is 12.8. The number of para-hydroxylation sites is 1. The molecule has 3 rings (SSSR count). The lowest BCUT2D eigenvalue weighted by molar-refractivity contribution is -0.192. The van der Waals surface area contributed by atoms with Crippen LogP contribution in [0.5, 0.6) is 0 Å². The number of nitrogens with one attached hydrogen (secondary N) is 4. The molecular formula is C24H29F3N4O3. The molecule has 1 amide bonds. The Hall–Kier alpha value is -3.37. The SMILES string of the molecule is CCCNNC(=O)c1cccc(CNCCc2c(C)[nH]c3ccccc23)c1.O=C(O)C(F)(F)F. The minimum atomic E-state index is -5.08. The Morgan fingerprint density at radius 3 is 2.44 bits per heavy atom. The molecule has 5 N–H and O–H groups in total. The van der Waals surface area contributed by atoms with Gasteiger partial charge in [-0.1, -0.05) is 37.3 Å².